The number of aromatic hydroxyl groups is 1. The molecule has 0 aromatic heterocycles. The minimum Gasteiger partial charge on any atom is -0.507 e. The van der Waals surface area contributed by atoms with Gasteiger partial charge in [-0.1, -0.05) is 32.9 Å². The first-order chi connectivity index (χ1) is 7.30. The zero-order chi connectivity index (χ0) is 12.3. The number of carbonyl (C=O) groups is 1. The van der Waals surface area contributed by atoms with Gasteiger partial charge in [0.25, 0.3) is 0 Å². The van der Waals surface area contributed by atoms with Crippen LogP contribution in [0.15, 0.2) is 24.3 Å². The van der Waals surface area contributed by atoms with E-state index in [0.717, 1.165) is 11.6 Å². The summed E-state index contributed by atoms with van der Waals surface area (Å²) >= 11 is 0. The second-order valence-corrected chi connectivity index (χ2v) is 4.70. The van der Waals surface area contributed by atoms with Gasteiger partial charge in [-0.3, -0.25) is 0 Å². The maximum Gasteiger partial charge on any atom is 0.328 e. The summed E-state index contributed by atoms with van der Waals surface area (Å²) in [5.41, 5.74) is 1.49. The van der Waals surface area contributed by atoms with Crippen LogP contribution in [-0.2, 0) is 10.2 Å². The number of hydrogen-bond donors (Lipinski definition) is 2. The summed E-state index contributed by atoms with van der Waals surface area (Å²) in [4.78, 5) is 10.3. The highest BCUT2D eigenvalue weighted by Crippen LogP contribution is 2.28. The van der Waals surface area contributed by atoms with E-state index in [9.17, 15) is 9.90 Å². The fourth-order valence-electron chi connectivity index (χ4n) is 1.31. The van der Waals surface area contributed by atoms with E-state index in [1.165, 1.54) is 6.08 Å². The molecule has 0 aliphatic carbocycles. The molecule has 3 heteroatoms. The molecule has 0 amide bonds. The Hall–Kier alpha value is -1.77. The molecular weight excluding hydrogens is 204 g/mol. The highest BCUT2D eigenvalue weighted by molar-refractivity contribution is 5.85. The number of phenols is 1. The zero-order valence-corrected chi connectivity index (χ0v) is 9.69. The van der Waals surface area contributed by atoms with E-state index in [1.807, 2.05) is 6.07 Å². The average Bonchev–Trinajstić information content (AvgIpc) is 2.14. The Morgan fingerprint density at radius 1 is 1.31 bits per heavy atom. The summed E-state index contributed by atoms with van der Waals surface area (Å²) in [7, 11) is 0. The van der Waals surface area contributed by atoms with E-state index in [2.05, 4.69) is 20.8 Å². The van der Waals surface area contributed by atoms with E-state index in [-0.39, 0.29) is 11.2 Å². The molecule has 0 radical (unpaired) electrons. The van der Waals surface area contributed by atoms with Crippen molar-refractivity contribution in [3.05, 3.63) is 35.4 Å². The number of rotatable bonds is 2. The largest absolute Gasteiger partial charge is 0.507 e. The molecule has 0 saturated heterocycles. The molecule has 0 aliphatic rings. The van der Waals surface area contributed by atoms with Crippen LogP contribution >= 0.6 is 0 Å². The minimum absolute atomic E-state index is 0.0352. The van der Waals surface area contributed by atoms with Crippen LogP contribution in [-0.4, -0.2) is 16.2 Å². The molecule has 0 spiro atoms. The maximum absolute atomic E-state index is 10.3. The smallest absolute Gasteiger partial charge is 0.328 e. The van der Waals surface area contributed by atoms with Gasteiger partial charge >= 0.3 is 5.97 Å². The first-order valence-corrected chi connectivity index (χ1v) is 5.05. The molecule has 0 aliphatic heterocycles. The standard InChI is InChI=1S/C13H16O3/c1-13(2,3)10-6-4-9(11(14)8-10)5-7-12(15)16/h4-8,14H,1-3H3,(H,15,16). The van der Waals surface area contributed by atoms with Gasteiger partial charge in [0.1, 0.15) is 5.75 Å². The van der Waals surface area contributed by atoms with Gasteiger partial charge < -0.3 is 10.2 Å². The minimum atomic E-state index is -1.03. The summed E-state index contributed by atoms with van der Waals surface area (Å²) < 4.78 is 0. The molecule has 0 fully saturated rings. The van der Waals surface area contributed by atoms with E-state index < -0.39 is 5.97 Å². The van der Waals surface area contributed by atoms with Crippen molar-refractivity contribution < 1.29 is 15.0 Å². The van der Waals surface area contributed by atoms with Crippen molar-refractivity contribution in [1.29, 1.82) is 0 Å². The van der Waals surface area contributed by atoms with Crippen molar-refractivity contribution in [2.24, 2.45) is 0 Å². The second kappa shape index (κ2) is 4.39. The zero-order valence-electron chi connectivity index (χ0n) is 9.69. The molecule has 86 valence electrons. The Morgan fingerprint density at radius 2 is 1.94 bits per heavy atom. The van der Waals surface area contributed by atoms with Crippen molar-refractivity contribution in [2.75, 3.05) is 0 Å². The lowest BCUT2D eigenvalue weighted by Gasteiger charge is -2.19. The van der Waals surface area contributed by atoms with E-state index in [1.54, 1.807) is 12.1 Å². The Balaban J connectivity index is 3.05. The third-order valence-electron chi connectivity index (χ3n) is 2.30. The van der Waals surface area contributed by atoms with Crippen LogP contribution in [0.2, 0.25) is 0 Å². The van der Waals surface area contributed by atoms with Gasteiger partial charge in [0.15, 0.2) is 0 Å². The van der Waals surface area contributed by atoms with Crippen LogP contribution < -0.4 is 0 Å². The van der Waals surface area contributed by atoms with E-state index >= 15 is 0 Å². The first kappa shape index (κ1) is 12.3. The number of aliphatic carboxylic acids is 1. The fraction of sp³-hybridized carbons (Fsp3) is 0.308. The topological polar surface area (TPSA) is 57.5 Å². The molecule has 0 heterocycles. The van der Waals surface area contributed by atoms with Gasteiger partial charge in [0, 0.05) is 11.6 Å². The van der Waals surface area contributed by atoms with E-state index in [4.69, 9.17) is 5.11 Å². The van der Waals surface area contributed by atoms with Crippen molar-refractivity contribution in [2.45, 2.75) is 26.2 Å². The fourth-order valence-corrected chi connectivity index (χ4v) is 1.31. The third kappa shape index (κ3) is 3.12. The molecular formula is C13H16O3. The molecule has 0 atom stereocenters. The first-order valence-electron chi connectivity index (χ1n) is 5.05. The van der Waals surface area contributed by atoms with Crippen LogP contribution in [0.5, 0.6) is 5.75 Å². The summed E-state index contributed by atoms with van der Waals surface area (Å²) in [6.07, 6.45) is 2.38. The Morgan fingerprint density at radius 3 is 2.38 bits per heavy atom. The second-order valence-electron chi connectivity index (χ2n) is 4.70. The molecule has 1 aromatic carbocycles. The van der Waals surface area contributed by atoms with Crippen molar-refractivity contribution in [1.82, 2.24) is 0 Å². The van der Waals surface area contributed by atoms with Crippen LogP contribution in [0.4, 0.5) is 0 Å². The average molecular weight is 220 g/mol. The normalized spacial score (nSPS) is 11.9. The third-order valence-corrected chi connectivity index (χ3v) is 2.30. The van der Waals surface area contributed by atoms with Crippen LogP contribution in [0.1, 0.15) is 31.9 Å². The van der Waals surface area contributed by atoms with Crippen molar-refractivity contribution >= 4 is 12.0 Å². The highest BCUT2D eigenvalue weighted by Gasteiger charge is 2.14. The monoisotopic (exact) mass is 220 g/mol. The molecule has 0 saturated carbocycles. The molecule has 1 aromatic rings. The van der Waals surface area contributed by atoms with Gasteiger partial charge in [0.2, 0.25) is 0 Å². The van der Waals surface area contributed by atoms with Crippen molar-refractivity contribution in [3.63, 3.8) is 0 Å². The van der Waals surface area contributed by atoms with Gasteiger partial charge in [-0.15, -0.1) is 0 Å². The molecule has 16 heavy (non-hydrogen) atoms. The molecule has 1 rings (SSSR count). The van der Waals surface area contributed by atoms with E-state index in [0.29, 0.717) is 5.56 Å². The number of carboxylic acid groups (broad SMARTS) is 1. The summed E-state index contributed by atoms with van der Waals surface area (Å²) in [6.45, 7) is 6.15. The summed E-state index contributed by atoms with van der Waals surface area (Å²) in [6, 6.07) is 5.28. The highest BCUT2D eigenvalue weighted by atomic mass is 16.4. The molecule has 0 unspecified atom stereocenters. The van der Waals surface area contributed by atoms with Gasteiger partial charge in [-0.25, -0.2) is 4.79 Å². The van der Waals surface area contributed by atoms with Gasteiger partial charge in [-0.2, -0.15) is 0 Å². The SMILES string of the molecule is CC(C)(C)c1ccc(C=CC(=O)O)c(O)c1. The Labute approximate surface area is 95.0 Å². The molecule has 3 nitrogen and oxygen atoms in total. The lowest BCUT2D eigenvalue weighted by atomic mass is 9.86. The number of carboxylic acids is 1. The molecule has 0 bridgehead atoms. The van der Waals surface area contributed by atoms with Gasteiger partial charge in [0.05, 0.1) is 0 Å². The Kier molecular flexibility index (Phi) is 3.38. The van der Waals surface area contributed by atoms with Crippen LogP contribution in [0.3, 0.4) is 0 Å². The van der Waals surface area contributed by atoms with Crippen molar-refractivity contribution in [3.8, 4) is 5.75 Å². The van der Waals surface area contributed by atoms with Gasteiger partial charge in [-0.05, 0) is 23.1 Å². The lowest BCUT2D eigenvalue weighted by molar-refractivity contribution is -0.131. The maximum atomic E-state index is 10.3. The predicted molar refractivity (Wildman–Crippen MR) is 63.5 cm³/mol. The summed E-state index contributed by atoms with van der Waals surface area (Å²) in [5.74, 6) is -0.927. The summed E-state index contributed by atoms with van der Waals surface area (Å²) in [5, 5.41) is 18.2. The number of phenolic OH excluding ortho intramolecular Hbond substituents is 1. The predicted octanol–water partition coefficient (Wildman–Crippen LogP) is 2.79. The van der Waals surface area contributed by atoms with Crippen LogP contribution in [0, 0.1) is 0 Å². The number of benzene rings is 1. The van der Waals surface area contributed by atoms with Crippen LogP contribution in [0.25, 0.3) is 6.08 Å². The Bertz CT molecular complexity index is 425. The lowest BCUT2D eigenvalue weighted by Crippen LogP contribution is -2.10. The number of hydrogen-bond acceptors (Lipinski definition) is 2. The quantitative estimate of drug-likeness (QED) is 0.753. The molecule has 2 N–H and O–H groups in total.